The van der Waals surface area contributed by atoms with E-state index < -0.39 is 12.2 Å². The number of aromatic nitrogens is 5. The van der Waals surface area contributed by atoms with Crippen LogP contribution in [0, 0.1) is 5.92 Å². The Morgan fingerprint density at radius 1 is 1.16 bits per heavy atom. The van der Waals surface area contributed by atoms with Crippen LogP contribution in [-0.2, 0) is 24.8 Å². The van der Waals surface area contributed by atoms with Gasteiger partial charge in [-0.25, -0.2) is 19.3 Å². The van der Waals surface area contributed by atoms with Gasteiger partial charge in [0.25, 0.3) is 5.91 Å². The number of piperidine rings is 1. The van der Waals surface area contributed by atoms with Crippen molar-refractivity contribution in [3.05, 3.63) is 53.7 Å². The molecular weight excluding hydrogens is 575 g/mol. The van der Waals surface area contributed by atoms with Gasteiger partial charge in [0.05, 0.1) is 37.0 Å². The van der Waals surface area contributed by atoms with Crippen molar-refractivity contribution in [1.82, 2.24) is 29.0 Å². The number of alkyl halides is 1. The summed E-state index contributed by atoms with van der Waals surface area (Å²) in [6.45, 7) is 1.12. The molecule has 5 aromatic rings. The summed E-state index contributed by atoms with van der Waals surface area (Å²) in [5, 5.41) is 3.81. The van der Waals surface area contributed by atoms with E-state index in [4.69, 9.17) is 20.4 Å². The Hall–Kier alpha value is -4.84. The molecule has 1 aromatic carbocycles. The van der Waals surface area contributed by atoms with Gasteiger partial charge in [0.15, 0.2) is 5.82 Å². The molecule has 11 nitrogen and oxygen atoms in total. The van der Waals surface area contributed by atoms with Crippen LogP contribution >= 0.6 is 0 Å². The average molecular weight is 609 g/mol. The average Bonchev–Trinajstić information content (AvgIpc) is 3.53. The number of pyridine rings is 2. The highest BCUT2D eigenvalue weighted by Gasteiger charge is 2.31. The fourth-order valence-corrected chi connectivity index (χ4v) is 6.80. The van der Waals surface area contributed by atoms with Crippen LogP contribution in [0.4, 0.5) is 10.2 Å². The molecule has 6 heterocycles. The maximum Gasteiger partial charge on any atom is 0.254 e. The van der Waals surface area contributed by atoms with Crippen molar-refractivity contribution in [2.75, 3.05) is 25.5 Å². The molecule has 2 atom stereocenters. The third-order valence-corrected chi connectivity index (χ3v) is 9.16. The number of carbonyl (C=O) groups excluding carboxylic acids is 2. The summed E-state index contributed by atoms with van der Waals surface area (Å²) in [5.74, 6) is 2.01. The molecule has 0 spiro atoms. The number of benzene rings is 1. The van der Waals surface area contributed by atoms with Crippen LogP contribution in [0.3, 0.4) is 0 Å². The Labute approximate surface area is 258 Å². The van der Waals surface area contributed by atoms with Gasteiger partial charge in [-0.1, -0.05) is 0 Å². The summed E-state index contributed by atoms with van der Waals surface area (Å²) in [6.07, 6.45) is 3.39. The standard InChI is InChI=1S/C33H33FN8O3/c1-40-29-25(9-19(11-27(29)45-2)33(44)41-15-20(34)12-21(35)16-41)38-32(40)26-10-18-5-6-24(37-31(18)42(26)14-17-3-4-17)22-7-8-36-30-23(22)13-28(43)39-30/h5-11,17,20-21H,3-4,12-16,35H2,1-2H3,(H,36,39,43)/t20-,21-/m1/s1. The second-order valence-corrected chi connectivity index (χ2v) is 12.4. The molecule has 230 valence electrons. The normalized spacial score (nSPS) is 19.7. The molecule has 2 amide bonds. The lowest BCUT2D eigenvalue weighted by Crippen LogP contribution is -2.50. The Balaban J connectivity index is 1.24. The molecule has 1 aliphatic carbocycles. The first-order valence-electron chi connectivity index (χ1n) is 15.3. The predicted molar refractivity (Wildman–Crippen MR) is 168 cm³/mol. The molecule has 0 radical (unpaired) electrons. The number of ether oxygens (including phenoxy) is 1. The minimum Gasteiger partial charge on any atom is -0.494 e. The lowest BCUT2D eigenvalue weighted by molar-refractivity contribution is -0.115. The number of carbonyl (C=O) groups is 2. The maximum absolute atomic E-state index is 14.3. The number of hydrogen-bond donors (Lipinski definition) is 2. The molecule has 0 unspecified atom stereocenters. The summed E-state index contributed by atoms with van der Waals surface area (Å²) in [5.41, 5.74) is 12.0. The summed E-state index contributed by atoms with van der Waals surface area (Å²) >= 11 is 0. The zero-order valence-corrected chi connectivity index (χ0v) is 25.1. The minimum absolute atomic E-state index is 0.0196. The number of rotatable bonds is 6. The fourth-order valence-electron chi connectivity index (χ4n) is 6.80. The van der Waals surface area contributed by atoms with Gasteiger partial charge < -0.3 is 29.8 Å². The molecule has 3 N–H and O–H groups in total. The Morgan fingerprint density at radius 2 is 2.00 bits per heavy atom. The van der Waals surface area contributed by atoms with Crippen molar-refractivity contribution in [1.29, 1.82) is 0 Å². The first-order valence-corrected chi connectivity index (χ1v) is 15.3. The number of amides is 2. The molecule has 2 aliphatic heterocycles. The smallest absolute Gasteiger partial charge is 0.254 e. The lowest BCUT2D eigenvalue weighted by Gasteiger charge is -2.33. The number of nitrogens with one attached hydrogen (secondary N) is 1. The molecule has 4 aromatic heterocycles. The third kappa shape index (κ3) is 4.71. The summed E-state index contributed by atoms with van der Waals surface area (Å²) in [6, 6.07) is 11.1. The lowest BCUT2D eigenvalue weighted by atomic mass is 10.0. The number of anilines is 1. The molecular formula is C33H33FN8O3. The van der Waals surface area contributed by atoms with E-state index in [1.807, 2.05) is 23.7 Å². The highest BCUT2D eigenvalue weighted by atomic mass is 19.1. The van der Waals surface area contributed by atoms with E-state index in [1.165, 1.54) is 4.90 Å². The maximum atomic E-state index is 14.3. The van der Waals surface area contributed by atoms with Gasteiger partial charge in [0, 0.05) is 54.5 Å². The topological polar surface area (TPSA) is 133 Å². The van der Waals surface area contributed by atoms with Crippen LogP contribution in [-0.4, -0.2) is 73.2 Å². The van der Waals surface area contributed by atoms with Crippen molar-refractivity contribution >= 4 is 39.7 Å². The van der Waals surface area contributed by atoms with Crippen LogP contribution in [0.15, 0.2) is 42.6 Å². The minimum atomic E-state index is -1.15. The van der Waals surface area contributed by atoms with E-state index in [1.54, 1.807) is 25.4 Å². The van der Waals surface area contributed by atoms with Crippen LogP contribution in [0.2, 0.25) is 0 Å². The van der Waals surface area contributed by atoms with E-state index in [2.05, 4.69) is 27.0 Å². The molecule has 3 aliphatic rings. The molecule has 2 fully saturated rings. The van der Waals surface area contributed by atoms with Gasteiger partial charge in [-0.2, -0.15) is 0 Å². The van der Waals surface area contributed by atoms with E-state index in [0.29, 0.717) is 35.1 Å². The molecule has 0 bridgehead atoms. The fraction of sp³-hybridized carbons (Fsp3) is 0.364. The number of likely N-dealkylation sites (tertiary alicyclic amines) is 1. The number of fused-ring (bicyclic) bond motifs is 3. The number of aryl methyl sites for hydroxylation is 1. The van der Waals surface area contributed by atoms with Crippen LogP contribution in [0.5, 0.6) is 5.75 Å². The Bertz CT molecular complexity index is 2020. The van der Waals surface area contributed by atoms with Gasteiger partial charge in [-0.05, 0) is 61.6 Å². The molecule has 45 heavy (non-hydrogen) atoms. The number of halogens is 1. The van der Waals surface area contributed by atoms with Crippen molar-refractivity contribution in [3.8, 4) is 28.5 Å². The Morgan fingerprint density at radius 3 is 2.78 bits per heavy atom. The number of nitrogens with two attached hydrogens (primary N) is 1. The number of hydrogen-bond acceptors (Lipinski definition) is 7. The highest BCUT2D eigenvalue weighted by molar-refractivity contribution is 6.01. The predicted octanol–water partition coefficient (Wildman–Crippen LogP) is 4.08. The molecule has 1 saturated carbocycles. The molecule has 1 saturated heterocycles. The van der Waals surface area contributed by atoms with Gasteiger partial charge in [0.2, 0.25) is 5.91 Å². The molecule has 8 rings (SSSR count). The zero-order chi connectivity index (χ0) is 31.0. The van der Waals surface area contributed by atoms with Gasteiger partial charge in [-0.3, -0.25) is 9.59 Å². The molecule has 12 heteroatoms. The van der Waals surface area contributed by atoms with Crippen molar-refractivity contribution in [2.24, 2.45) is 18.7 Å². The van der Waals surface area contributed by atoms with Crippen LogP contribution in [0.1, 0.15) is 35.2 Å². The van der Waals surface area contributed by atoms with Gasteiger partial charge in [-0.15, -0.1) is 0 Å². The largest absolute Gasteiger partial charge is 0.494 e. The van der Waals surface area contributed by atoms with E-state index in [9.17, 15) is 14.0 Å². The highest BCUT2D eigenvalue weighted by Crippen LogP contribution is 2.39. The quantitative estimate of drug-likeness (QED) is 0.297. The first kappa shape index (κ1) is 27.7. The van der Waals surface area contributed by atoms with Crippen molar-refractivity contribution in [2.45, 2.75) is 44.4 Å². The van der Waals surface area contributed by atoms with E-state index in [0.717, 1.165) is 64.3 Å². The second-order valence-electron chi connectivity index (χ2n) is 12.4. The monoisotopic (exact) mass is 608 g/mol. The zero-order valence-electron chi connectivity index (χ0n) is 25.1. The Kier molecular flexibility index (Phi) is 6.38. The first-order chi connectivity index (χ1) is 21.8. The number of imidazole rings is 1. The van der Waals surface area contributed by atoms with Crippen LogP contribution < -0.4 is 15.8 Å². The number of methoxy groups -OCH3 is 1. The summed E-state index contributed by atoms with van der Waals surface area (Å²) in [7, 11) is 3.51. The van der Waals surface area contributed by atoms with Crippen molar-refractivity contribution < 1.29 is 18.7 Å². The van der Waals surface area contributed by atoms with Gasteiger partial charge >= 0.3 is 0 Å². The second kappa shape index (κ2) is 10.4. The van der Waals surface area contributed by atoms with Crippen LogP contribution in [0.25, 0.3) is 44.8 Å². The SMILES string of the molecule is COc1cc(C(=O)N2C[C@H](N)C[C@@H](F)C2)cc2nc(-c3cc4ccc(-c5ccnc6c5CC(=O)N6)nc4n3CC3CC3)n(C)c12. The summed E-state index contributed by atoms with van der Waals surface area (Å²) in [4.78, 5) is 41.6. The van der Waals surface area contributed by atoms with Gasteiger partial charge in [0.1, 0.15) is 28.9 Å². The third-order valence-electron chi connectivity index (χ3n) is 9.16. The van der Waals surface area contributed by atoms with E-state index in [-0.39, 0.29) is 31.2 Å². The van der Waals surface area contributed by atoms with Crippen molar-refractivity contribution in [3.63, 3.8) is 0 Å². The summed E-state index contributed by atoms with van der Waals surface area (Å²) < 4.78 is 24.3. The number of nitrogens with zero attached hydrogens (tertiary/aromatic N) is 6. The van der Waals surface area contributed by atoms with E-state index >= 15 is 0 Å².